The number of nitrogens with one attached hydrogen (secondary N) is 2. The summed E-state index contributed by atoms with van der Waals surface area (Å²) in [4.78, 5) is 12.5. The maximum Gasteiger partial charge on any atom is 0.251 e. The number of hydrogen-bond acceptors (Lipinski definition) is 5. The zero-order valence-corrected chi connectivity index (χ0v) is 14.4. The smallest absolute Gasteiger partial charge is 0.251 e. The number of hydrogen-bond donors (Lipinski definition) is 2. The van der Waals surface area contributed by atoms with Gasteiger partial charge in [0, 0.05) is 30.9 Å². The minimum atomic E-state index is -3.32. The molecule has 1 amide bonds. The molecule has 2 N–H and O–H groups in total. The molecule has 0 aromatic heterocycles. The molecule has 1 fully saturated rings. The molecule has 0 bridgehead atoms. The summed E-state index contributed by atoms with van der Waals surface area (Å²) in [7, 11) is -1.66. The molecule has 2 rings (SSSR count). The van der Waals surface area contributed by atoms with Gasteiger partial charge in [-0.25, -0.2) is 8.42 Å². The van der Waals surface area contributed by atoms with E-state index in [0.717, 1.165) is 32.2 Å². The van der Waals surface area contributed by atoms with Crippen molar-refractivity contribution in [1.82, 2.24) is 10.6 Å². The number of ether oxygens (including phenoxy) is 1. The first kappa shape index (κ1) is 17.9. The van der Waals surface area contributed by atoms with E-state index in [9.17, 15) is 13.2 Å². The average Bonchev–Trinajstić information content (AvgIpc) is 2.53. The van der Waals surface area contributed by atoms with Gasteiger partial charge in [-0.1, -0.05) is 6.07 Å². The topological polar surface area (TPSA) is 84.5 Å². The van der Waals surface area contributed by atoms with E-state index in [0.29, 0.717) is 18.7 Å². The monoisotopic (exact) mass is 340 g/mol. The predicted octanol–water partition coefficient (Wildman–Crippen LogP) is 0.836. The number of benzene rings is 1. The molecular formula is C16H24N2O4S. The molecule has 128 valence electrons. The van der Waals surface area contributed by atoms with Gasteiger partial charge in [-0.3, -0.25) is 4.79 Å². The van der Waals surface area contributed by atoms with Gasteiger partial charge in [-0.2, -0.15) is 0 Å². The van der Waals surface area contributed by atoms with E-state index in [-0.39, 0.29) is 16.2 Å². The van der Waals surface area contributed by atoms with Crippen LogP contribution in [0.1, 0.15) is 23.2 Å². The van der Waals surface area contributed by atoms with Crippen molar-refractivity contribution in [1.29, 1.82) is 0 Å². The summed E-state index contributed by atoms with van der Waals surface area (Å²) in [6, 6.07) is 6.11. The van der Waals surface area contributed by atoms with Crippen LogP contribution in [0.2, 0.25) is 0 Å². The van der Waals surface area contributed by atoms with E-state index in [1.807, 2.05) is 0 Å². The molecule has 23 heavy (non-hydrogen) atoms. The van der Waals surface area contributed by atoms with Crippen molar-refractivity contribution < 1.29 is 17.9 Å². The summed E-state index contributed by atoms with van der Waals surface area (Å²) in [5.41, 5.74) is 0.291. The molecule has 0 radical (unpaired) electrons. The number of carbonyl (C=O) groups excluding carboxylic acids is 1. The van der Waals surface area contributed by atoms with Gasteiger partial charge < -0.3 is 15.4 Å². The predicted molar refractivity (Wildman–Crippen MR) is 88.3 cm³/mol. The summed E-state index contributed by atoms with van der Waals surface area (Å²) in [6.07, 6.45) is 3.00. The van der Waals surface area contributed by atoms with Crippen LogP contribution in [0.4, 0.5) is 0 Å². The molecule has 6 nitrogen and oxygen atoms in total. The third-order valence-electron chi connectivity index (χ3n) is 4.26. The van der Waals surface area contributed by atoms with Gasteiger partial charge in [0.1, 0.15) is 0 Å². The molecule has 1 aliphatic rings. The molecule has 1 aromatic rings. The van der Waals surface area contributed by atoms with Crippen LogP contribution >= 0.6 is 0 Å². The van der Waals surface area contributed by atoms with Crippen LogP contribution in [-0.4, -0.2) is 53.9 Å². The van der Waals surface area contributed by atoms with Crippen LogP contribution in [-0.2, 0) is 14.6 Å². The van der Waals surface area contributed by atoms with Gasteiger partial charge in [-0.15, -0.1) is 0 Å². The fourth-order valence-electron chi connectivity index (χ4n) is 2.87. The average molecular weight is 340 g/mol. The normalized spacial score (nSPS) is 17.7. The SMILES string of the molecule is COCC1(CNC(=O)c2cccc(S(C)(=O)=O)c2)CCNCC1. The Morgan fingerprint density at radius 1 is 1.35 bits per heavy atom. The largest absolute Gasteiger partial charge is 0.384 e. The number of amides is 1. The van der Waals surface area contributed by atoms with E-state index < -0.39 is 9.84 Å². The van der Waals surface area contributed by atoms with Crippen molar-refractivity contribution in [2.45, 2.75) is 17.7 Å². The third-order valence-corrected chi connectivity index (χ3v) is 5.37. The second-order valence-corrected chi connectivity index (χ2v) is 8.18. The first-order valence-electron chi connectivity index (χ1n) is 7.64. The van der Waals surface area contributed by atoms with Crippen LogP contribution in [0, 0.1) is 5.41 Å². The van der Waals surface area contributed by atoms with Crippen molar-refractivity contribution in [3.63, 3.8) is 0 Å². The van der Waals surface area contributed by atoms with Gasteiger partial charge in [-0.05, 0) is 44.1 Å². The second-order valence-electron chi connectivity index (χ2n) is 6.17. The molecule has 1 saturated heterocycles. The Kier molecular flexibility index (Phi) is 5.78. The van der Waals surface area contributed by atoms with Crippen molar-refractivity contribution in [3.8, 4) is 0 Å². The van der Waals surface area contributed by atoms with Gasteiger partial charge in [0.05, 0.1) is 11.5 Å². The lowest BCUT2D eigenvalue weighted by Crippen LogP contribution is -2.47. The highest BCUT2D eigenvalue weighted by molar-refractivity contribution is 7.90. The van der Waals surface area contributed by atoms with E-state index >= 15 is 0 Å². The Morgan fingerprint density at radius 2 is 2.04 bits per heavy atom. The standard InChI is InChI=1S/C16H24N2O4S/c1-22-12-16(6-8-17-9-7-16)11-18-15(19)13-4-3-5-14(10-13)23(2,20)21/h3-5,10,17H,6-9,11-12H2,1-2H3,(H,18,19). The Labute approximate surface area is 137 Å². The Hall–Kier alpha value is -1.44. The lowest BCUT2D eigenvalue weighted by molar-refractivity contribution is 0.0511. The first-order valence-corrected chi connectivity index (χ1v) is 9.53. The van der Waals surface area contributed by atoms with Crippen molar-refractivity contribution in [3.05, 3.63) is 29.8 Å². The lowest BCUT2D eigenvalue weighted by Gasteiger charge is -2.37. The lowest BCUT2D eigenvalue weighted by atomic mass is 9.79. The van der Waals surface area contributed by atoms with Crippen LogP contribution < -0.4 is 10.6 Å². The zero-order valence-electron chi connectivity index (χ0n) is 13.6. The van der Waals surface area contributed by atoms with Crippen LogP contribution in [0.5, 0.6) is 0 Å². The number of rotatable bonds is 6. The van der Waals surface area contributed by atoms with Gasteiger partial charge in [0.15, 0.2) is 9.84 Å². The molecule has 1 aliphatic heterocycles. The Bertz CT molecular complexity index is 646. The van der Waals surface area contributed by atoms with Crippen LogP contribution in [0.15, 0.2) is 29.2 Å². The van der Waals surface area contributed by atoms with Crippen molar-refractivity contribution in [2.75, 3.05) is 39.6 Å². The summed E-state index contributed by atoms with van der Waals surface area (Å²) in [5, 5.41) is 6.24. The summed E-state index contributed by atoms with van der Waals surface area (Å²) in [5.74, 6) is -0.260. The van der Waals surface area contributed by atoms with E-state index in [1.54, 1.807) is 19.2 Å². The fourth-order valence-corrected chi connectivity index (χ4v) is 3.54. The minimum Gasteiger partial charge on any atom is -0.384 e. The number of sulfone groups is 1. The molecular weight excluding hydrogens is 316 g/mol. The van der Waals surface area contributed by atoms with Crippen molar-refractivity contribution in [2.24, 2.45) is 5.41 Å². The highest BCUT2D eigenvalue weighted by atomic mass is 32.2. The number of carbonyl (C=O) groups is 1. The van der Waals surface area contributed by atoms with Gasteiger partial charge in [0.2, 0.25) is 0 Å². The molecule has 0 unspecified atom stereocenters. The highest BCUT2D eigenvalue weighted by Crippen LogP contribution is 2.28. The zero-order chi connectivity index (χ0) is 16.9. The number of methoxy groups -OCH3 is 1. The second kappa shape index (κ2) is 7.42. The van der Waals surface area contributed by atoms with E-state index in [4.69, 9.17) is 4.74 Å². The maximum absolute atomic E-state index is 12.4. The molecule has 0 saturated carbocycles. The third kappa shape index (κ3) is 4.76. The van der Waals surface area contributed by atoms with E-state index in [1.165, 1.54) is 12.1 Å². The quantitative estimate of drug-likeness (QED) is 0.801. The summed E-state index contributed by atoms with van der Waals surface area (Å²) < 4.78 is 28.5. The van der Waals surface area contributed by atoms with Crippen LogP contribution in [0.25, 0.3) is 0 Å². The number of piperidine rings is 1. The molecule has 1 heterocycles. The highest BCUT2D eigenvalue weighted by Gasteiger charge is 2.32. The Morgan fingerprint density at radius 3 is 2.65 bits per heavy atom. The van der Waals surface area contributed by atoms with Crippen molar-refractivity contribution >= 4 is 15.7 Å². The molecule has 0 spiro atoms. The first-order chi connectivity index (χ1) is 10.9. The molecule has 0 atom stereocenters. The Balaban J connectivity index is 2.06. The maximum atomic E-state index is 12.4. The van der Waals surface area contributed by atoms with Gasteiger partial charge in [0.25, 0.3) is 5.91 Å². The van der Waals surface area contributed by atoms with E-state index in [2.05, 4.69) is 10.6 Å². The molecule has 7 heteroatoms. The fraction of sp³-hybridized carbons (Fsp3) is 0.562. The summed E-state index contributed by atoms with van der Waals surface area (Å²) >= 11 is 0. The minimum absolute atomic E-state index is 0.0654. The summed E-state index contributed by atoms with van der Waals surface area (Å²) in [6.45, 7) is 2.92. The van der Waals surface area contributed by atoms with Gasteiger partial charge >= 0.3 is 0 Å². The molecule has 1 aromatic carbocycles. The van der Waals surface area contributed by atoms with Crippen LogP contribution in [0.3, 0.4) is 0 Å². The molecule has 0 aliphatic carbocycles.